The molecule has 1 aromatic carbocycles. The van der Waals surface area contributed by atoms with Crippen molar-refractivity contribution in [1.82, 2.24) is 0 Å². The number of ether oxygens (including phenoxy) is 1. The summed E-state index contributed by atoms with van der Waals surface area (Å²) in [5.74, 6) is -1.18. The Balaban J connectivity index is 2.87. The van der Waals surface area contributed by atoms with Crippen LogP contribution in [0.5, 0.6) is 5.75 Å². The standard InChI is InChI=1S/C15H20ClNO4/c1-3-4-5-6-7-21-14-9-13(17-10(2)18)12(16)8-11(14)15(19)20/h8-9H,3-7H2,1-2H3,(H,17,18)(H,19,20). The maximum absolute atomic E-state index is 11.2. The van der Waals surface area contributed by atoms with Gasteiger partial charge in [-0.1, -0.05) is 37.8 Å². The lowest BCUT2D eigenvalue weighted by Gasteiger charge is -2.13. The predicted octanol–water partition coefficient (Wildman–Crippen LogP) is 3.96. The van der Waals surface area contributed by atoms with Gasteiger partial charge in [0.1, 0.15) is 11.3 Å². The van der Waals surface area contributed by atoms with Crippen molar-refractivity contribution in [3.63, 3.8) is 0 Å². The largest absolute Gasteiger partial charge is 0.493 e. The second-order valence-electron chi connectivity index (χ2n) is 4.72. The lowest BCUT2D eigenvalue weighted by atomic mass is 10.1. The van der Waals surface area contributed by atoms with E-state index in [1.165, 1.54) is 19.1 Å². The van der Waals surface area contributed by atoms with Crippen LogP contribution in [0.1, 0.15) is 49.9 Å². The van der Waals surface area contributed by atoms with Crippen molar-refractivity contribution in [1.29, 1.82) is 0 Å². The number of amides is 1. The molecule has 0 radical (unpaired) electrons. The summed E-state index contributed by atoms with van der Waals surface area (Å²) in [7, 11) is 0. The van der Waals surface area contributed by atoms with Crippen LogP contribution in [0, 0.1) is 0 Å². The van der Waals surface area contributed by atoms with Gasteiger partial charge in [-0.2, -0.15) is 0 Å². The highest BCUT2D eigenvalue weighted by Crippen LogP contribution is 2.31. The van der Waals surface area contributed by atoms with Crippen LogP contribution >= 0.6 is 11.6 Å². The molecule has 1 rings (SSSR count). The maximum Gasteiger partial charge on any atom is 0.339 e. The third-order valence-corrected chi connectivity index (χ3v) is 3.18. The number of rotatable bonds is 8. The van der Waals surface area contributed by atoms with Crippen LogP contribution in [0.25, 0.3) is 0 Å². The van der Waals surface area contributed by atoms with E-state index in [-0.39, 0.29) is 22.2 Å². The molecule has 1 aromatic rings. The first-order valence-electron chi connectivity index (χ1n) is 6.93. The number of nitrogens with one attached hydrogen (secondary N) is 1. The molecule has 116 valence electrons. The summed E-state index contributed by atoms with van der Waals surface area (Å²) >= 11 is 5.96. The van der Waals surface area contributed by atoms with Crippen molar-refractivity contribution >= 4 is 29.2 Å². The number of halogens is 1. The average molecular weight is 314 g/mol. The number of carbonyl (C=O) groups is 2. The Morgan fingerprint density at radius 1 is 1.29 bits per heavy atom. The van der Waals surface area contributed by atoms with E-state index in [0.717, 1.165) is 25.7 Å². The van der Waals surface area contributed by atoms with Crippen LogP contribution in [0.3, 0.4) is 0 Å². The molecule has 0 aliphatic heterocycles. The van der Waals surface area contributed by atoms with Gasteiger partial charge >= 0.3 is 5.97 Å². The Bertz CT molecular complexity index is 517. The zero-order valence-corrected chi connectivity index (χ0v) is 13.0. The number of hydrogen-bond acceptors (Lipinski definition) is 3. The number of carboxylic acids is 1. The van der Waals surface area contributed by atoms with Gasteiger partial charge in [-0.15, -0.1) is 0 Å². The van der Waals surface area contributed by atoms with Gasteiger partial charge in [0.2, 0.25) is 5.91 Å². The number of carbonyl (C=O) groups excluding carboxylic acids is 1. The summed E-state index contributed by atoms with van der Waals surface area (Å²) in [4.78, 5) is 22.3. The van der Waals surface area contributed by atoms with E-state index in [1.807, 2.05) is 0 Å². The summed E-state index contributed by atoms with van der Waals surface area (Å²) in [6.45, 7) is 3.90. The van der Waals surface area contributed by atoms with Gasteiger partial charge < -0.3 is 15.2 Å². The Morgan fingerprint density at radius 3 is 2.57 bits per heavy atom. The van der Waals surface area contributed by atoms with E-state index < -0.39 is 5.97 Å². The zero-order valence-electron chi connectivity index (χ0n) is 12.2. The Hall–Kier alpha value is -1.75. The van der Waals surface area contributed by atoms with Crippen LogP contribution < -0.4 is 10.1 Å². The molecule has 5 nitrogen and oxygen atoms in total. The Kier molecular flexibility index (Phi) is 7.02. The normalized spacial score (nSPS) is 10.2. The summed E-state index contributed by atoms with van der Waals surface area (Å²) in [5, 5.41) is 11.9. The average Bonchev–Trinajstić information content (AvgIpc) is 2.40. The molecule has 0 aromatic heterocycles. The molecule has 0 aliphatic carbocycles. The van der Waals surface area contributed by atoms with Crippen molar-refractivity contribution in [2.75, 3.05) is 11.9 Å². The molecule has 0 fully saturated rings. The van der Waals surface area contributed by atoms with Gasteiger partial charge in [-0.25, -0.2) is 4.79 Å². The number of anilines is 1. The van der Waals surface area contributed by atoms with Gasteiger partial charge in [0.25, 0.3) is 0 Å². The predicted molar refractivity (Wildman–Crippen MR) is 82.4 cm³/mol. The molecule has 0 bridgehead atoms. The minimum absolute atomic E-state index is 0.00964. The van der Waals surface area contributed by atoms with Crippen molar-refractivity contribution < 1.29 is 19.4 Å². The second kappa shape index (κ2) is 8.52. The third kappa shape index (κ3) is 5.63. The first-order chi connectivity index (χ1) is 9.95. The molecule has 0 atom stereocenters. The van der Waals surface area contributed by atoms with Crippen molar-refractivity contribution in [3.05, 3.63) is 22.7 Å². The number of unbranched alkanes of at least 4 members (excludes halogenated alkanes) is 3. The van der Waals surface area contributed by atoms with Crippen LogP contribution in [-0.2, 0) is 4.79 Å². The van der Waals surface area contributed by atoms with E-state index in [2.05, 4.69) is 12.2 Å². The minimum Gasteiger partial charge on any atom is -0.493 e. The first kappa shape index (κ1) is 17.3. The molecular formula is C15H20ClNO4. The van der Waals surface area contributed by atoms with Gasteiger partial charge in [-0.3, -0.25) is 4.79 Å². The SMILES string of the molecule is CCCCCCOc1cc(NC(C)=O)c(Cl)cc1C(=O)O. The van der Waals surface area contributed by atoms with E-state index in [0.29, 0.717) is 12.3 Å². The number of carboxylic acid groups (broad SMARTS) is 1. The van der Waals surface area contributed by atoms with E-state index >= 15 is 0 Å². The second-order valence-corrected chi connectivity index (χ2v) is 5.13. The van der Waals surface area contributed by atoms with Crippen LogP contribution in [0.4, 0.5) is 5.69 Å². The topological polar surface area (TPSA) is 75.6 Å². The molecule has 21 heavy (non-hydrogen) atoms. The van der Waals surface area contributed by atoms with Crippen molar-refractivity contribution in [2.24, 2.45) is 0 Å². The quantitative estimate of drug-likeness (QED) is 0.712. The Morgan fingerprint density at radius 2 is 2.00 bits per heavy atom. The first-order valence-corrected chi connectivity index (χ1v) is 7.30. The van der Waals surface area contributed by atoms with Crippen molar-refractivity contribution in [2.45, 2.75) is 39.5 Å². The molecule has 0 spiro atoms. The molecule has 0 aliphatic rings. The van der Waals surface area contributed by atoms with Gasteiger partial charge in [0, 0.05) is 13.0 Å². The highest BCUT2D eigenvalue weighted by molar-refractivity contribution is 6.34. The zero-order chi connectivity index (χ0) is 15.8. The molecule has 1 amide bonds. The molecule has 2 N–H and O–H groups in total. The summed E-state index contributed by atoms with van der Waals surface area (Å²) in [6.07, 6.45) is 4.12. The third-order valence-electron chi connectivity index (χ3n) is 2.87. The fourth-order valence-corrected chi connectivity index (χ4v) is 2.05. The molecule has 0 heterocycles. The van der Waals surface area contributed by atoms with E-state index in [9.17, 15) is 14.7 Å². The molecule has 6 heteroatoms. The fourth-order valence-electron chi connectivity index (χ4n) is 1.84. The van der Waals surface area contributed by atoms with Crippen LogP contribution in [0.15, 0.2) is 12.1 Å². The Labute approximate surface area is 129 Å². The summed E-state index contributed by atoms with van der Waals surface area (Å²) in [5.41, 5.74) is 0.335. The molecule has 0 saturated heterocycles. The van der Waals surface area contributed by atoms with E-state index in [1.54, 1.807) is 0 Å². The number of benzene rings is 1. The molecule has 0 unspecified atom stereocenters. The summed E-state index contributed by atoms with van der Waals surface area (Å²) < 4.78 is 5.53. The van der Waals surface area contributed by atoms with Gasteiger partial charge in [0.05, 0.1) is 17.3 Å². The van der Waals surface area contributed by atoms with Crippen LogP contribution in [-0.4, -0.2) is 23.6 Å². The molecular weight excluding hydrogens is 294 g/mol. The summed E-state index contributed by atoms with van der Waals surface area (Å²) in [6, 6.07) is 2.74. The highest BCUT2D eigenvalue weighted by atomic mass is 35.5. The van der Waals surface area contributed by atoms with Crippen molar-refractivity contribution in [3.8, 4) is 5.75 Å². The highest BCUT2D eigenvalue weighted by Gasteiger charge is 2.16. The lowest BCUT2D eigenvalue weighted by molar-refractivity contribution is -0.114. The number of aromatic carboxylic acids is 1. The van der Waals surface area contributed by atoms with E-state index in [4.69, 9.17) is 16.3 Å². The maximum atomic E-state index is 11.2. The fraction of sp³-hybridized carbons (Fsp3) is 0.467. The minimum atomic E-state index is -1.12. The molecule has 0 saturated carbocycles. The van der Waals surface area contributed by atoms with Crippen LogP contribution in [0.2, 0.25) is 5.02 Å². The number of hydrogen-bond donors (Lipinski definition) is 2. The van der Waals surface area contributed by atoms with Gasteiger partial charge in [-0.05, 0) is 12.5 Å². The monoisotopic (exact) mass is 313 g/mol. The van der Waals surface area contributed by atoms with Gasteiger partial charge in [0.15, 0.2) is 0 Å². The smallest absolute Gasteiger partial charge is 0.339 e. The lowest BCUT2D eigenvalue weighted by Crippen LogP contribution is -2.09.